The van der Waals surface area contributed by atoms with Gasteiger partial charge in [0.1, 0.15) is 0 Å². The summed E-state index contributed by atoms with van der Waals surface area (Å²) in [5.41, 5.74) is 0. The predicted octanol–water partition coefficient (Wildman–Crippen LogP) is 3.06. The number of hydrogen-bond donors (Lipinski definition) is 1. The van der Waals surface area contributed by atoms with E-state index in [-0.39, 0.29) is 5.92 Å². The molecule has 1 aromatic rings. The quantitative estimate of drug-likeness (QED) is 0.891. The van der Waals surface area contributed by atoms with Gasteiger partial charge in [-0.3, -0.25) is 0 Å². The molecule has 0 radical (unpaired) electrons. The van der Waals surface area contributed by atoms with Gasteiger partial charge in [0, 0.05) is 18.4 Å². The van der Waals surface area contributed by atoms with E-state index in [2.05, 4.69) is 4.36 Å². The first-order chi connectivity index (χ1) is 8.53. The van der Waals surface area contributed by atoms with Gasteiger partial charge in [-0.2, -0.15) is 0 Å². The van der Waals surface area contributed by atoms with E-state index in [1.165, 1.54) is 0 Å². The van der Waals surface area contributed by atoms with Gasteiger partial charge < -0.3 is 5.11 Å². The normalized spacial score (nSPS) is 18.2. The van der Waals surface area contributed by atoms with E-state index >= 15 is 0 Å². The first kappa shape index (κ1) is 14.9. The second-order valence-electron chi connectivity index (χ2n) is 4.21. The smallest absolute Gasteiger partial charge is 0.0963 e. The highest BCUT2D eigenvalue weighted by Crippen LogP contribution is 2.17. The number of aliphatic hydroxyl groups is 1. The number of benzene rings is 1. The Morgan fingerprint density at radius 3 is 2.44 bits per heavy atom. The van der Waals surface area contributed by atoms with Crippen molar-refractivity contribution in [3.05, 3.63) is 41.8 Å². The molecule has 0 aliphatic rings. The average Bonchev–Trinajstić information content (AvgIpc) is 2.39. The maximum Gasteiger partial charge on any atom is 0.0963 e. The zero-order chi connectivity index (χ0) is 13.6. The molecule has 3 atom stereocenters. The van der Waals surface area contributed by atoms with Crippen LogP contribution in [-0.2, 0) is 9.73 Å². The fourth-order valence-electron chi connectivity index (χ4n) is 1.71. The minimum Gasteiger partial charge on any atom is -0.393 e. The van der Waals surface area contributed by atoms with Crippen molar-refractivity contribution < 1.29 is 9.32 Å². The van der Waals surface area contributed by atoms with Crippen LogP contribution in [0.5, 0.6) is 0 Å². The fourth-order valence-corrected chi connectivity index (χ4v) is 3.16. The molecule has 0 aliphatic heterocycles. The Morgan fingerprint density at radius 2 is 2.00 bits per heavy atom. The lowest BCUT2D eigenvalue weighted by Gasteiger charge is -2.13. The van der Waals surface area contributed by atoms with Crippen LogP contribution in [-0.4, -0.2) is 22.5 Å². The fraction of sp³-hybridized carbons (Fsp3) is 0.429. The van der Waals surface area contributed by atoms with E-state index in [4.69, 9.17) is 0 Å². The Morgan fingerprint density at radius 1 is 1.39 bits per heavy atom. The van der Waals surface area contributed by atoms with Crippen molar-refractivity contribution in [1.29, 1.82) is 0 Å². The van der Waals surface area contributed by atoms with Crippen molar-refractivity contribution in [2.75, 3.05) is 7.05 Å². The summed E-state index contributed by atoms with van der Waals surface area (Å²) in [6, 6.07) is 9.19. The third kappa shape index (κ3) is 3.68. The van der Waals surface area contributed by atoms with E-state index in [1.54, 1.807) is 19.4 Å². The second kappa shape index (κ2) is 6.71. The van der Waals surface area contributed by atoms with Gasteiger partial charge in [0.05, 0.1) is 20.7 Å². The molecule has 3 nitrogen and oxygen atoms in total. The van der Waals surface area contributed by atoms with Gasteiger partial charge in [-0.15, -0.1) is 0 Å². The molecule has 18 heavy (non-hydrogen) atoms. The Kier molecular flexibility index (Phi) is 5.56. The molecule has 4 heteroatoms. The molecule has 0 spiro atoms. The number of aliphatic hydroxyl groups excluding tert-OH is 1. The molecule has 1 N–H and O–H groups in total. The van der Waals surface area contributed by atoms with Crippen LogP contribution in [0.15, 0.2) is 51.1 Å². The molecule has 1 unspecified atom stereocenters. The lowest BCUT2D eigenvalue weighted by molar-refractivity contribution is 0.147. The highest BCUT2D eigenvalue weighted by molar-refractivity contribution is 7.96. The van der Waals surface area contributed by atoms with Crippen LogP contribution in [0.3, 0.4) is 0 Å². The summed E-state index contributed by atoms with van der Waals surface area (Å²) >= 11 is 0. The Hall–Kier alpha value is -1.13. The first-order valence-corrected chi connectivity index (χ1v) is 7.68. The number of nitrogens with zero attached hydrogens (tertiary/aromatic N) is 1. The molecule has 0 saturated carbocycles. The zero-order valence-corrected chi connectivity index (χ0v) is 11.9. The van der Waals surface area contributed by atoms with Crippen molar-refractivity contribution in [2.45, 2.75) is 31.3 Å². The summed E-state index contributed by atoms with van der Waals surface area (Å²) in [5, 5.41) is 11.2. The van der Waals surface area contributed by atoms with Crippen LogP contribution >= 0.6 is 0 Å². The Labute approximate surface area is 110 Å². The van der Waals surface area contributed by atoms with Crippen LogP contribution in [0, 0.1) is 5.92 Å². The third-order valence-electron chi connectivity index (χ3n) is 2.95. The highest BCUT2D eigenvalue weighted by atomic mass is 32.2. The van der Waals surface area contributed by atoms with Gasteiger partial charge >= 0.3 is 0 Å². The van der Waals surface area contributed by atoms with Crippen LogP contribution in [0.2, 0.25) is 0 Å². The molecule has 100 valence electrons. The van der Waals surface area contributed by atoms with E-state index in [0.29, 0.717) is 4.90 Å². The van der Waals surface area contributed by atoms with E-state index in [1.807, 2.05) is 43.3 Å². The summed E-state index contributed by atoms with van der Waals surface area (Å²) in [6.07, 6.45) is 2.18. The van der Waals surface area contributed by atoms with Crippen LogP contribution in [0.25, 0.3) is 0 Å². The van der Waals surface area contributed by atoms with Crippen molar-refractivity contribution in [2.24, 2.45) is 10.3 Å². The maximum absolute atomic E-state index is 12.7. The van der Waals surface area contributed by atoms with Crippen molar-refractivity contribution in [3.63, 3.8) is 0 Å². The molecular weight excluding hydrogens is 246 g/mol. The molecule has 1 rings (SSSR count). The molecule has 0 saturated heterocycles. The second-order valence-corrected chi connectivity index (χ2v) is 6.45. The SMILES string of the molecule is CC[C@H](/C=C/S(=O)(=NC)c1ccccc1)[C@@H](C)O. The summed E-state index contributed by atoms with van der Waals surface area (Å²) in [7, 11) is -0.952. The molecule has 0 heterocycles. The highest BCUT2D eigenvalue weighted by Gasteiger charge is 2.12. The van der Waals surface area contributed by atoms with E-state index in [9.17, 15) is 9.32 Å². The Bertz CT molecular complexity index is 500. The number of rotatable bonds is 5. The van der Waals surface area contributed by atoms with Crippen LogP contribution < -0.4 is 0 Å². The lowest BCUT2D eigenvalue weighted by Crippen LogP contribution is -2.13. The summed E-state index contributed by atoms with van der Waals surface area (Å²) in [5.74, 6) is 0.0105. The van der Waals surface area contributed by atoms with Crippen molar-refractivity contribution >= 4 is 9.73 Å². The van der Waals surface area contributed by atoms with Crippen molar-refractivity contribution in [3.8, 4) is 0 Å². The van der Waals surface area contributed by atoms with E-state index in [0.717, 1.165) is 6.42 Å². The standard InChI is InChI=1S/C14H21NO2S/c1-4-13(12(2)16)10-11-18(17,15-3)14-8-6-5-7-9-14/h5-13,16H,4H2,1-3H3/b11-10+/t12-,13-,18?/m1/s1. The molecule has 0 bridgehead atoms. The van der Waals surface area contributed by atoms with E-state index < -0.39 is 15.8 Å². The van der Waals surface area contributed by atoms with Gasteiger partial charge in [0.25, 0.3) is 0 Å². The number of hydrogen-bond acceptors (Lipinski definition) is 3. The largest absolute Gasteiger partial charge is 0.393 e. The average molecular weight is 267 g/mol. The molecule has 1 aromatic carbocycles. The summed E-state index contributed by atoms with van der Waals surface area (Å²) in [6.45, 7) is 3.74. The molecule has 0 aromatic heterocycles. The predicted molar refractivity (Wildman–Crippen MR) is 75.8 cm³/mol. The van der Waals surface area contributed by atoms with Gasteiger partial charge in [0.2, 0.25) is 0 Å². The molecule has 0 fully saturated rings. The third-order valence-corrected chi connectivity index (χ3v) is 4.97. The first-order valence-electron chi connectivity index (χ1n) is 6.10. The maximum atomic E-state index is 12.7. The molecular formula is C14H21NO2S. The van der Waals surface area contributed by atoms with Crippen LogP contribution in [0.1, 0.15) is 20.3 Å². The monoisotopic (exact) mass is 267 g/mol. The minimum atomic E-state index is -2.51. The Balaban J connectivity index is 3.06. The zero-order valence-electron chi connectivity index (χ0n) is 11.1. The topological polar surface area (TPSA) is 49.7 Å². The summed E-state index contributed by atoms with van der Waals surface area (Å²) < 4.78 is 16.7. The molecule has 0 amide bonds. The summed E-state index contributed by atoms with van der Waals surface area (Å²) in [4.78, 5) is 0.698. The van der Waals surface area contributed by atoms with Gasteiger partial charge in [-0.1, -0.05) is 31.2 Å². The van der Waals surface area contributed by atoms with Crippen molar-refractivity contribution in [1.82, 2.24) is 0 Å². The molecule has 0 aliphatic carbocycles. The van der Waals surface area contributed by atoms with Gasteiger partial charge in [0.15, 0.2) is 0 Å². The lowest BCUT2D eigenvalue weighted by atomic mass is 10.0. The van der Waals surface area contributed by atoms with Gasteiger partial charge in [-0.25, -0.2) is 8.57 Å². The van der Waals surface area contributed by atoms with Gasteiger partial charge in [-0.05, 0) is 25.5 Å². The van der Waals surface area contributed by atoms with Crippen LogP contribution in [0.4, 0.5) is 0 Å². The minimum absolute atomic E-state index is 0.0105.